The van der Waals surface area contributed by atoms with Gasteiger partial charge in [0.15, 0.2) is 0 Å². The van der Waals surface area contributed by atoms with E-state index in [1.54, 1.807) is 4.88 Å². The first kappa shape index (κ1) is 10.7. The molecule has 1 aliphatic rings. The summed E-state index contributed by atoms with van der Waals surface area (Å²) < 4.78 is 1.27. The average molecular weight is 274 g/mol. The summed E-state index contributed by atoms with van der Waals surface area (Å²) in [5.74, 6) is 0.665. The summed E-state index contributed by atoms with van der Waals surface area (Å²) in [5.41, 5.74) is 1.51. The minimum atomic E-state index is 0.538. The Morgan fingerprint density at radius 1 is 1.57 bits per heavy atom. The third kappa shape index (κ3) is 1.90. The summed E-state index contributed by atoms with van der Waals surface area (Å²) in [7, 11) is 0. The van der Waals surface area contributed by atoms with E-state index >= 15 is 0 Å². The smallest absolute Gasteiger partial charge is 0.0704 e. The standard InChI is InChI=1S/C11H16BrNS/c1-6(2)11-8-5-10(12)14-9(8)4-7(3)13-11/h5-7,11,13H,4H2,1-3H3. The van der Waals surface area contributed by atoms with Gasteiger partial charge in [0, 0.05) is 17.0 Å². The monoisotopic (exact) mass is 273 g/mol. The molecule has 1 aromatic heterocycles. The Hall–Kier alpha value is 0.140. The van der Waals surface area contributed by atoms with Gasteiger partial charge in [-0.05, 0) is 46.8 Å². The van der Waals surface area contributed by atoms with Gasteiger partial charge in [0.2, 0.25) is 0 Å². The normalized spacial score (nSPS) is 26.6. The Balaban J connectivity index is 2.37. The maximum absolute atomic E-state index is 3.67. The Morgan fingerprint density at radius 2 is 2.29 bits per heavy atom. The van der Waals surface area contributed by atoms with Crippen LogP contribution >= 0.6 is 27.3 Å². The van der Waals surface area contributed by atoms with Crippen LogP contribution in [0.4, 0.5) is 0 Å². The molecule has 0 saturated heterocycles. The molecule has 0 amide bonds. The van der Waals surface area contributed by atoms with Crippen molar-refractivity contribution in [3.05, 3.63) is 20.3 Å². The minimum absolute atomic E-state index is 0.538. The maximum Gasteiger partial charge on any atom is 0.0704 e. The van der Waals surface area contributed by atoms with Crippen LogP contribution in [0.15, 0.2) is 9.85 Å². The van der Waals surface area contributed by atoms with Gasteiger partial charge in [0.25, 0.3) is 0 Å². The van der Waals surface area contributed by atoms with Gasteiger partial charge in [-0.1, -0.05) is 13.8 Å². The van der Waals surface area contributed by atoms with Crippen LogP contribution in [0.1, 0.15) is 37.3 Å². The highest BCUT2D eigenvalue weighted by Gasteiger charge is 2.27. The third-order valence-electron chi connectivity index (χ3n) is 2.77. The molecule has 1 nitrogen and oxygen atoms in total. The van der Waals surface area contributed by atoms with Crippen molar-refractivity contribution in [3.63, 3.8) is 0 Å². The van der Waals surface area contributed by atoms with Gasteiger partial charge in [-0.25, -0.2) is 0 Å². The van der Waals surface area contributed by atoms with Gasteiger partial charge < -0.3 is 5.32 Å². The fourth-order valence-corrected chi connectivity index (χ4v) is 4.01. The molecule has 2 heterocycles. The van der Waals surface area contributed by atoms with E-state index in [9.17, 15) is 0 Å². The molecule has 2 atom stereocenters. The molecule has 2 unspecified atom stereocenters. The molecule has 0 saturated carbocycles. The Kier molecular flexibility index (Phi) is 3.01. The number of hydrogen-bond donors (Lipinski definition) is 1. The molecule has 0 aliphatic carbocycles. The van der Waals surface area contributed by atoms with E-state index in [0.29, 0.717) is 18.0 Å². The number of halogens is 1. The zero-order valence-electron chi connectivity index (χ0n) is 8.80. The molecule has 78 valence electrons. The number of fused-ring (bicyclic) bond motifs is 1. The van der Waals surface area contributed by atoms with Gasteiger partial charge in [0.05, 0.1) is 3.79 Å². The number of thiophene rings is 1. The predicted molar refractivity (Wildman–Crippen MR) is 65.9 cm³/mol. The fourth-order valence-electron chi connectivity index (χ4n) is 2.12. The lowest BCUT2D eigenvalue weighted by Crippen LogP contribution is -2.38. The molecule has 0 radical (unpaired) electrons. The van der Waals surface area contributed by atoms with Crippen LogP contribution in [0.5, 0.6) is 0 Å². The molecule has 3 heteroatoms. The van der Waals surface area contributed by atoms with E-state index in [1.807, 2.05) is 11.3 Å². The highest BCUT2D eigenvalue weighted by Crippen LogP contribution is 2.38. The SMILES string of the molecule is CC1Cc2sc(Br)cc2C(C(C)C)N1. The van der Waals surface area contributed by atoms with Crippen LogP contribution in [0.3, 0.4) is 0 Å². The first-order valence-corrected chi connectivity index (χ1v) is 6.73. The topological polar surface area (TPSA) is 12.0 Å². The minimum Gasteiger partial charge on any atom is -0.307 e. The van der Waals surface area contributed by atoms with E-state index in [2.05, 4.69) is 48.1 Å². The van der Waals surface area contributed by atoms with Crippen LogP contribution < -0.4 is 5.32 Å². The van der Waals surface area contributed by atoms with Gasteiger partial charge in [0.1, 0.15) is 0 Å². The lowest BCUT2D eigenvalue weighted by molar-refractivity contribution is 0.349. The molecule has 1 aromatic rings. The summed E-state index contributed by atoms with van der Waals surface area (Å²) in [6.45, 7) is 6.84. The summed E-state index contributed by atoms with van der Waals surface area (Å²) in [4.78, 5) is 1.56. The molecule has 0 spiro atoms. The second-order valence-corrected chi connectivity index (χ2v) is 6.94. The molecule has 2 rings (SSSR count). The van der Waals surface area contributed by atoms with Crippen molar-refractivity contribution in [3.8, 4) is 0 Å². The Bertz CT molecular complexity index is 332. The zero-order chi connectivity index (χ0) is 10.3. The molecule has 0 fully saturated rings. The molecular weight excluding hydrogens is 258 g/mol. The summed E-state index contributed by atoms with van der Waals surface area (Å²) in [6.07, 6.45) is 1.18. The van der Waals surface area contributed by atoms with Crippen LogP contribution in [0, 0.1) is 5.92 Å². The first-order valence-electron chi connectivity index (χ1n) is 5.12. The second-order valence-electron chi connectivity index (χ2n) is 4.42. The molecule has 1 N–H and O–H groups in total. The highest BCUT2D eigenvalue weighted by molar-refractivity contribution is 9.11. The summed E-state index contributed by atoms with van der Waals surface area (Å²) in [5, 5.41) is 3.67. The number of hydrogen-bond acceptors (Lipinski definition) is 2. The van der Waals surface area contributed by atoms with Crippen molar-refractivity contribution in [1.82, 2.24) is 5.32 Å². The molecule has 0 bridgehead atoms. The van der Waals surface area contributed by atoms with Gasteiger partial charge in [-0.2, -0.15) is 0 Å². The van der Waals surface area contributed by atoms with Crippen LogP contribution in [0.2, 0.25) is 0 Å². The van der Waals surface area contributed by atoms with Gasteiger partial charge in [-0.15, -0.1) is 11.3 Å². The molecule has 0 aromatic carbocycles. The van der Waals surface area contributed by atoms with Crippen molar-refractivity contribution in [1.29, 1.82) is 0 Å². The second kappa shape index (κ2) is 3.95. The van der Waals surface area contributed by atoms with Crippen molar-refractivity contribution >= 4 is 27.3 Å². The molecule has 1 aliphatic heterocycles. The van der Waals surface area contributed by atoms with E-state index in [4.69, 9.17) is 0 Å². The first-order chi connectivity index (χ1) is 6.58. The predicted octanol–water partition coefficient (Wildman–Crippen LogP) is 3.74. The van der Waals surface area contributed by atoms with Gasteiger partial charge >= 0.3 is 0 Å². The Morgan fingerprint density at radius 3 is 2.93 bits per heavy atom. The quantitative estimate of drug-likeness (QED) is 0.822. The largest absolute Gasteiger partial charge is 0.307 e. The lowest BCUT2D eigenvalue weighted by Gasteiger charge is -2.31. The van der Waals surface area contributed by atoms with E-state index < -0.39 is 0 Å². The van der Waals surface area contributed by atoms with Crippen LogP contribution in [-0.4, -0.2) is 6.04 Å². The van der Waals surface area contributed by atoms with E-state index in [-0.39, 0.29) is 0 Å². The maximum atomic E-state index is 3.67. The Labute approximate surface area is 98.0 Å². The van der Waals surface area contributed by atoms with E-state index in [1.165, 1.54) is 15.8 Å². The summed E-state index contributed by atoms with van der Waals surface area (Å²) >= 11 is 5.47. The van der Waals surface area contributed by atoms with Crippen molar-refractivity contribution in [2.45, 2.75) is 39.3 Å². The van der Waals surface area contributed by atoms with Crippen molar-refractivity contribution in [2.24, 2.45) is 5.92 Å². The van der Waals surface area contributed by atoms with Crippen LogP contribution in [-0.2, 0) is 6.42 Å². The van der Waals surface area contributed by atoms with Gasteiger partial charge in [-0.3, -0.25) is 0 Å². The van der Waals surface area contributed by atoms with Crippen molar-refractivity contribution in [2.75, 3.05) is 0 Å². The zero-order valence-corrected chi connectivity index (χ0v) is 11.2. The number of rotatable bonds is 1. The summed E-state index contributed by atoms with van der Waals surface area (Å²) in [6, 6.07) is 3.43. The lowest BCUT2D eigenvalue weighted by atomic mass is 9.90. The highest BCUT2D eigenvalue weighted by atomic mass is 79.9. The number of nitrogens with one attached hydrogen (secondary N) is 1. The van der Waals surface area contributed by atoms with E-state index in [0.717, 1.165) is 0 Å². The average Bonchev–Trinajstić information content (AvgIpc) is 2.42. The fraction of sp³-hybridized carbons (Fsp3) is 0.636. The molecule has 14 heavy (non-hydrogen) atoms. The molecular formula is C11H16BrNS. The third-order valence-corrected chi connectivity index (χ3v) is 4.45. The van der Waals surface area contributed by atoms with Crippen LogP contribution in [0.25, 0.3) is 0 Å². The van der Waals surface area contributed by atoms with Crippen molar-refractivity contribution < 1.29 is 0 Å².